The fourth-order valence-electron chi connectivity index (χ4n) is 4.39. The topological polar surface area (TPSA) is 29.5 Å². The van der Waals surface area contributed by atoms with E-state index in [1.165, 1.54) is 70.6 Å². The van der Waals surface area contributed by atoms with Gasteiger partial charge in [0.1, 0.15) is 0 Å². The summed E-state index contributed by atoms with van der Waals surface area (Å²) >= 11 is 0. The Hall–Kier alpha value is -0.0800. The van der Waals surface area contributed by atoms with Crippen molar-refractivity contribution in [1.82, 2.24) is 0 Å². The molecule has 3 aliphatic rings. The molecule has 1 spiro atoms. The smallest absolute Gasteiger partial charge is 0.0684 e. The Labute approximate surface area is 111 Å². The normalized spacial score (nSPS) is 37.2. The summed E-state index contributed by atoms with van der Waals surface area (Å²) in [5.41, 5.74) is 0.147. The van der Waals surface area contributed by atoms with Crippen molar-refractivity contribution in [3.63, 3.8) is 0 Å². The van der Waals surface area contributed by atoms with Gasteiger partial charge in [-0.05, 0) is 25.7 Å². The van der Waals surface area contributed by atoms with Gasteiger partial charge in [-0.2, -0.15) is 0 Å². The second kappa shape index (κ2) is 5.50. The highest BCUT2D eigenvalue weighted by atomic mass is 16.5. The summed E-state index contributed by atoms with van der Waals surface area (Å²) in [6, 6.07) is 0. The first-order valence-corrected chi connectivity index (χ1v) is 8.15. The van der Waals surface area contributed by atoms with Crippen molar-refractivity contribution < 1.29 is 9.84 Å². The highest BCUT2D eigenvalue weighted by Crippen LogP contribution is 2.53. The molecule has 1 N–H and O–H groups in total. The van der Waals surface area contributed by atoms with Gasteiger partial charge >= 0.3 is 0 Å². The van der Waals surface area contributed by atoms with Crippen molar-refractivity contribution in [3.8, 4) is 0 Å². The average molecular weight is 252 g/mol. The van der Waals surface area contributed by atoms with E-state index in [2.05, 4.69) is 0 Å². The van der Waals surface area contributed by atoms with Crippen molar-refractivity contribution in [2.75, 3.05) is 0 Å². The maximum absolute atomic E-state index is 10.3. The number of aliphatic hydroxyl groups is 1. The molecule has 2 nitrogen and oxygen atoms in total. The number of hydrogen-bond donors (Lipinski definition) is 1. The molecule has 0 radical (unpaired) electrons. The molecular weight excluding hydrogens is 224 g/mol. The van der Waals surface area contributed by atoms with Gasteiger partial charge in [-0.1, -0.05) is 44.9 Å². The van der Waals surface area contributed by atoms with Crippen LogP contribution in [0.3, 0.4) is 0 Å². The van der Waals surface area contributed by atoms with Crippen molar-refractivity contribution in [2.45, 2.75) is 95.4 Å². The van der Waals surface area contributed by atoms with Crippen molar-refractivity contribution >= 4 is 0 Å². The lowest BCUT2D eigenvalue weighted by atomic mass is 9.59. The third kappa shape index (κ3) is 2.34. The molecule has 0 aliphatic heterocycles. The summed E-state index contributed by atoms with van der Waals surface area (Å²) in [6.45, 7) is 0. The van der Waals surface area contributed by atoms with E-state index in [1.807, 2.05) is 0 Å². The Kier molecular flexibility index (Phi) is 3.95. The van der Waals surface area contributed by atoms with Gasteiger partial charge in [0.15, 0.2) is 0 Å². The molecule has 0 bridgehead atoms. The Morgan fingerprint density at radius 2 is 1.44 bits per heavy atom. The summed E-state index contributed by atoms with van der Waals surface area (Å²) in [5, 5.41) is 10.3. The van der Waals surface area contributed by atoms with Crippen LogP contribution in [0.5, 0.6) is 0 Å². The minimum absolute atomic E-state index is 0.0795. The van der Waals surface area contributed by atoms with Crippen LogP contribution >= 0.6 is 0 Å². The van der Waals surface area contributed by atoms with E-state index in [0.29, 0.717) is 12.2 Å². The first-order valence-electron chi connectivity index (χ1n) is 8.15. The highest BCUT2D eigenvalue weighted by Gasteiger charge is 2.55. The van der Waals surface area contributed by atoms with E-state index in [0.717, 1.165) is 6.42 Å². The summed E-state index contributed by atoms with van der Waals surface area (Å²) in [4.78, 5) is 0. The molecule has 0 amide bonds. The summed E-state index contributed by atoms with van der Waals surface area (Å²) in [7, 11) is 0. The van der Waals surface area contributed by atoms with Gasteiger partial charge in [0.05, 0.1) is 18.3 Å². The number of rotatable bonds is 2. The molecular formula is C16H28O2. The molecule has 2 unspecified atom stereocenters. The maximum atomic E-state index is 10.3. The molecule has 3 aliphatic carbocycles. The minimum atomic E-state index is -0.0795. The molecule has 0 aromatic rings. The van der Waals surface area contributed by atoms with Crippen LogP contribution < -0.4 is 0 Å². The molecule has 2 heteroatoms. The zero-order valence-electron chi connectivity index (χ0n) is 11.6. The van der Waals surface area contributed by atoms with E-state index in [-0.39, 0.29) is 11.5 Å². The van der Waals surface area contributed by atoms with Gasteiger partial charge < -0.3 is 9.84 Å². The van der Waals surface area contributed by atoms with Gasteiger partial charge in [-0.25, -0.2) is 0 Å². The van der Waals surface area contributed by atoms with Gasteiger partial charge in [0.25, 0.3) is 0 Å². The number of aliphatic hydroxyl groups excluding tert-OH is 1. The molecule has 0 aromatic heterocycles. The lowest BCUT2D eigenvalue weighted by Gasteiger charge is -2.54. The van der Waals surface area contributed by atoms with Crippen molar-refractivity contribution in [3.05, 3.63) is 0 Å². The second-order valence-electron chi connectivity index (χ2n) is 6.78. The first-order chi connectivity index (χ1) is 8.81. The van der Waals surface area contributed by atoms with E-state index in [1.54, 1.807) is 0 Å². The van der Waals surface area contributed by atoms with Gasteiger partial charge in [0.2, 0.25) is 0 Å². The Morgan fingerprint density at radius 3 is 2.06 bits per heavy atom. The van der Waals surface area contributed by atoms with Gasteiger partial charge in [-0.3, -0.25) is 0 Å². The Morgan fingerprint density at radius 1 is 0.833 bits per heavy atom. The standard InChI is InChI=1S/C16H28O2/c17-14-12-15(18-13-8-4-3-5-9-13)16(14)10-6-1-2-7-11-16/h13-15,17H,1-12H2. The molecule has 3 fully saturated rings. The molecule has 0 heterocycles. The predicted octanol–water partition coefficient (Wildman–Crippen LogP) is 3.81. The third-order valence-electron chi connectivity index (χ3n) is 5.69. The lowest BCUT2D eigenvalue weighted by Crippen LogP contribution is -2.58. The van der Waals surface area contributed by atoms with Crippen LogP contribution in [-0.2, 0) is 4.74 Å². The fraction of sp³-hybridized carbons (Fsp3) is 1.00. The average Bonchev–Trinajstić information content (AvgIpc) is 2.67. The van der Waals surface area contributed by atoms with Gasteiger partial charge in [-0.15, -0.1) is 0 Å². The van der Waals surface area contributed by atoms with E-state index < -0.39 is 0 Å². The SMILES string of the molecule is OC1CC(OC2CCCCC2)C12CCCCCC2. The Balaban J connectivity index is 1.61. The van der Waals surface area contributed by atoms with Crippen LogP contribution in [0.4, 0.5) is 0 Å². The van der Waals surface area contributed by atoms with Crippen LogP contribution in [-0.4, -0.2) is 23.4 Å². The third-order valence-corrected chi connectivity index (χ3v) is 5.69. The molecule has 3 saturated carbocycles. The van der Waals surface area contributed by atoms with Crippen LogP contribution in [0.1, 0.15) is 77.0 Å². The van der Waals surface area contributed by atoms with Crippen molar-refractivity contribution in [1.29, 1.82) is 0 Å². The zero-order chi connectivity index (χ0) is 12.4. The number of ether oxygens (including phenoxy) is 1. The molecule has 2 atom stereocenters. The Bertz CT molecular complexity index is 262. The largest absolute Gasteiger partial charge is 0.392 e. The van der Waals surface area contributed by atoms with Crippen molar-refractivity contribution in [2.24, 2.45) is 5.41 Å². The van der Waals surface area contributed by atoms with Gasteiger partial charge in [0, 0.05) is 11.8 Å². The monoisotopic (exact) mass is 252 g/mol. The molecule has 0 aromatic carbocycles. The molecule has 0 saturated heterocycles. The quantitative estimate of drug-likeness (QED) is 0.810. The summed E-state index contributed by atoms with van der Waals surface area (Å²) in [5.74, 6) is 0. The fourth-order valence-corrected chi connectivity index (χ4v) is 4.39. The molecule has 3 rings (SSSR count). The number of hydrogen-bond acceptors (Lipinski definition) is 2. The second-order valence-corrected chi connectivity index (χ2v) is 6.78. The highest BCUT2D eigenvalue weighted by molar-refractivity contribution is 5.05. The molecule has 104 valence electrons. The maximum Gasteiger partial charge on any atom is 0.0684 e. The summed E-state index contributed by atoms with van der Waals surface area (Å²) < 4.78 is 6.39. The van der Waals surface area contributed by atoms with Crippen LogP contribution in [0.25, 0.3) is 0 Å². The minimum Gasteiger partial charge on any atom is -0.392 e. The van der Waals surface area contributed by atoms with Crippen LogP contribution in [0.15, 0.2) is 0 Å². The predicted molar refractivity (Wildman–Crippen MR) is 72.5 cm³/mol. The van der Waals surface area contributed by atoms with Crippen LogP contribution in [0, 0.1) is 5.41 Å². The molecule has 18 heavy (non-hydrogen) atoms. The van der Waals surface area contributed by atoms with E-state index >= 15 is 0 Å². The van der Waals surface area contributed by atoms with E-state index in [4.69, 9.17) is 4.74 Å². The lowest BCUT2D eigenvalue weighted by molar-refractivity contribution is -0.219. The summed E-state index contributed by atoms with van der Waals surface area (Å²) in [6.07, 6.45) is 15.9. The van der Waals surface area contributed by atoms with Crippen LogP contribution in [0.2, 0.25) is 0 Å². The van der Waals surface area contributed by atoms with E-state index in [9.17, 15) is 5.11 Å². The first kappa shape index (κ1) is 12.9. The zero-order valence-corrected chi connectivity index (χ0v) is 11.6.